The number of amides is 4. The minimum absolute atomic E-state index is 0.333. The molecule has 0 radical (unpaired) electrons. The van der Waals surface area contributed by atoms with E-state index in [-0.39, 0.29) is 12.5 Å². The third kappa shape index (κ3) is 4.64. The number of carbonyl (C=O) groups excluding carboxylic acids is 3. The zero-order chi connectivity index (χ0) is 24.0. The summed E-state index contributed by atoms with van der Waals surface area (Å²) in [6.45, 7) is 0.876. The summed E-state index contributed by atoms with van der Waals surface area (Å²) in [6.07, 6.45) is 0.731. The van der Waals surface area contributed by atoms with Gasteiger partial charge in [-0.1, -0.05) is 78.9 Å². The van der Waals surface area contributed by atoms with E-state index in [0.717, 1.165) is 23.6 Å². The Labute approximate surface area is 199 Å². The van der Waals surface area contributed by atoms with Crippen molar-refractivity contribution in [3.63, 3.8) is 0 Å². The van der Waals surface area contributed by atoms with Crippen LogP contribution in [0.15, 0.2) is 91.0 Å². The molecule has 0 unspecified atom stereocenters. The summed E-state index contributed by atoms with van der Waals surface area (Å²) in [6, 6.07) is 27.6. The van der Waals surface area contributed by atoms with Crippen LogP contribution in [0.3, 0.4) is 0 Å². The predicted octanol–water partition coefficient (Wildman–Crippen LogP) is 3.12. The summed E-state index contributed by atoms with van der Waals surface area (Å²) >= 11 is 0. The molecule has 4 amide bonds. The van der Waals surface area contributed by atoms with Crippen molar-refractivity contribution in [2.45, 2.75) is 12.0 Å². The van der Waals surface area contributed by atoms with Gasteiger partial charge in [-0.05, 0) is 29.7 Å². The second kappa shape index (κ2) is 10.2. The molecule has 1 fully saturated rings. The molecular weight excluding hydrogens is 428 g/mol. The largest absolute Gasteiger partial charge is 0.375 e. The van der Waals surface area contributed by atoms with E-state index < -0.39 is 17.5 Å². The number of imide groups is 1. The fraction of sp³-hybridized carbons (Fsp3) is 0.222. The van der Waals surface area contributed by atoms with Gasteiger partial charge in [0, 0.05) is 25.8 Å². The van der Waals surface area contributed by atoms with Gasteiger partial charge in [0.2, 0.25) is 5.91 Å². The van der Waals surface area contributed by atoms with Gasteiger partial charge in [0.25, 0.3) is 5.91 Å². The topological polar surface area (TPSA) is 81.8 Å². The van der Waals surface area contributed by atoms with Crippen molar-refractivity contribution in [3.8, 4) is 0 Å². The average molecular weight is 457 g/mol. The highest BCUT2D eigenvalue weighted by Gasteiger charge is 2.53. The van der Waals surface area contributed by atoms with Crippen molar-refractivity contribution in [2.75, 3.05) is 31.6 Å². The molecule has 1 saturated heterocycles. The fourth-order valence-electron chi connectivity index (χ4n) is 4.21. The first-order chi connectivity index (χ1) is 16.5. The van der Waals surface area contributed by atoms with E-state index in [2.05, 4.69) is 15.5 Å². The lowest BCUT2D eigenvalue weighted by molar-refractivity contribution is -0.134. The van der Waals surface area contributed by atoms with Crippen molar-refractivity contribution in [1.29, 1.82) is 0 Å². The highest BCUT2D eigenvalue weighted by Crippen LogP contribution is 2.35. The number of para-hydroxylation sites is 1. The maximum absolute atomic E-state index is 13.6. The molecule has 1 aliphatic rings. The fourth-order valence-corrected chi connectivity index (χ4v) is 4.21. The number of rotatable bonds is 9. The summed E-state index contributed by atoms with van der Waals surface area (Å²) in [5.74, 6) is -0.836. The number of urea groups is 1. The summed E-state index contributed by atoms with van der Waals surface area (Å²) in [5, 5.41) is 5.68. The maximum Gasteiger partial charge on any atom is 0.326 e. The number of nitrogens with one attached hydrogen (secondary N) is 2. The van der Waals surface area contributed by atoms with Gasteiger partial charge in [-0.2, -0.15) is 0 Å². The van der Waals surface area contributed by atoms with E-state index in [1.807, 2.05) is 73.8 Å². The molecule has 0 aliphatic carbocycles. The second-order valence-electron chi connectivity index (χ2n) is 8.26. The standard InChI is InChI=1S/C27H28N4O3/c1-30(23-16-9-4-10-17-23)19-11-18-28-24(32)20-31-25(33)27(29-26(31)34,21-12-5-2-6-13-21)22-14-7-3-8-15-22/h2-10,12-17H,11,18-20H2,1H3,(H,28,32)(H,29,34). The lowest BCUT2D eigenvalue weighted by Gasteiger charge is -2.28. The number of hydrogen-bond donors (Lipinski definition) is 2. The molecule has 0 saturated carbocycles. The molecule has 0 aromatic heterocycles. The van der Waals surface area contributed by atoms with Crippen LogP contribution in [-0.2, 0) is 15.1 Å². The van der Waals surface area contributed by atoms with Gasteiger partial charge in [-0.15, -0.1) is 0 Å². The van der Waals surface area contributed by atoms with E-state index in [9.17, 15) is 14.4 Å². The molecule has 3 aromatic carbocycles. The Morgan fingerprint density at radius 2 is 1.41 bits per heavy atom. The van der Waals surface area contributed by atoms with Gasteiger partial charge in [-0.25, -0.2) is 4.79 Å². The third-order valence-corrected chi connectivity index (χ3v) is 6.01. The van der Waals surface area contributed by atoms with Crippen LogP contribution in [0.2, 0.25) is 0 Å². The Balaban J connectivity index is 1.40. The Bertz CT molecular complexity index is 1100. The molecule has 0 atom stereocenters. The number of carbonyl (C=O) groups is 3. The summed E-state index contributed by atoms with van der Waals surface area (Å²) < 4.78 is 0. The first kappa shape index (κ1) is 23.0. The van der Waals surface area contributed by atoms with Crippen molar-refractivity contribution >= 4 is 23.5 Å². The van der Waals surface area contributed by atoms with Crippen LogP contribution in [-0.4, -0.2) is 49.4 Å². The highest BCUT2D eigenvalue weighted by atomic mass is 16.2. The molecule has 4 rings (SSSR count). The van der Waals surface area contributed by atoms with Crippen LogP contribution in [0.1, 0.15) is 17.5 Å². The molecule has 1 aliphatic heterocycles. The zero-order valence-corrected chi connectivity index (χ0v) is 19.1. The Kier molecular flexibility index (Phi) is 6.92. The summed E-state index contributed by atoms with van der Waals surface area (Å²) in [4.78, 5) is 42.2. The van der Waals surface area contributed by atoms with Gasteiger partial charge in [0.1, 0.15) is 6.54 Å². The number of hydrogen-bond acceptors (Lipinski definition) is 4. The number of nitrogens with zero attached hydrogens (tertiary/aromatic N) is 2. The first-order valence-corrected chi connectivity index (χ1v) is 11.3. The van der Waals surface area contributed by atoms with Crippen molar-refractivity contribution < 1.29 is 14.4 Å². The Morgan fingerprint density at radius 3 is 1.97 bits per heavy atom. The monoisotopic (exact) mass is 456 g/mol. The summed E-state index contributed by atoms with van der Waals surface area (Å²) in [7, 11) is 2.00. The molecular formula is C27H28N4O3. The van der Waals surface area contributed by atoms with Gasteiger partial charge in [0.15, 0.2) is 5.54 Å². The average Bonchev–Trinajstić information content (AvgIpc) is 3.13. The van der Waals surface area contributed by atoms with Crippen LogP contribution in [0.25, 0.3) is 0 Å². The second-order valence-corrected chi connectivity index (χ2v) is 8.26. The van der Waals surface area contributed by atoms with Crippen LogP contribution < -0.4 is 15.5 Å². The number of anilines is 1. The molecule has 0 spiro atoms. The summed E-state index contributed by atoms with van der Waals surface area (Å²) in [5.41, 5.74) is 1.03. The molecule has 7 heteroatoms. The third-order valence-electron chi connectivity index (χ3n) is 6.01. The van der Waals surface area contributed by atoms with E-state index >= 15 is 0 Å². The van der Waals surface area contributed by atoms with E-state index in [4.69, 9.17) is 0 Å². The van der Waals surface area contributed by atoms with Crippen LogP contribution >= 0.6 is 0 Å². The first-order valence-electron chi connectivity index (χ1n) is 11.3. The number of benzene rings is 3. The Hall–Kier alpha value is -4.13. The van der Waals surface area contributed by atoms with E-state index in [1.165, 1.54) is 0 Å². The molecule has 34 heavy (non-hydrogen) atoms. The molecule has 174 valence electrons. The van der Waals surface area contributed by atoms with Gasteiger partial charge in [-0.3, -0.25) is 14.5 Å². The smallest absolute Gasteiger partial charge is 0.326 e. The molecule has 7 nitrogen and oxygen atoms in total. The lowest BCUT2D eigenvalue weighted by atomic mass is 9.82. The molecule has 0 bridgehead atoms. The predicted molar refractivity (Wildman–Crippen MR) is 131 cm³/mol. The van der Waals surface area contributed by atoms with Gasteiger partial charge >= 0.3 is 6.03 Å². The molecule has 1 heterocycles. The quantitative estimate of drug-likeness (QED) is 0.383. The van der Waals surface area contributed by atoms with Crippen LogP contribution in [0, 0.1) is 0 Å². The zero-order valence-electron chi connectivity index (χ0n) is 19.1. The van der Waals surface area contributed by atoms with Crippen molar-refractivity contribution in [2.24, 2.45) is 0 Å². The van der Waals surface area contributed by atoms with Crippen molar-refractivity contribution in [3.05, 3.63) is 102 Å². The van der Waals surface area contributed by atoms with Gasteiger partial charge in [0.05, 0.1) is 0 Å². The lowest BCUT2D eigenvalue weighted by Crippen LogP contribution is -2.46. The van der Waals surface area contributed by atoms with Crippen LogP contribution in [0.4, 0.5) is 10.5 Å². The van der Waals surface area contributed by atoms with Crippen molar-refractivity contribution in [1.82, 2.24) is 15.5 Å². The normalized spacial score (nSPS) is 14.6. The molecule has 3 aromatic rings. The highest BCUT2D eigenvalue weighted by molar-refractivity contribution is 6.11. The van der Waals surface area contributed by atoms with Crippen LogP contribution in [0.5, 0.6) is 0 Å². The van der Waals surface area contributed by atoms with Gasteiger partial charge < -0.3 is 15.5 Å². The van der Waals surface area contributed by atoms with E-state index in [0.29, 0.717) is 17.7 Å². The minimum atomic E-state index is -1.36. The Morgan fingerprint density at radius 1 is 0.882 bits per heavy atom. The molecule has 2 N–H and O–H groups in total. The minimum Gasteiger partial charge on any atom is -0.375 e. The SMILES string of the molecule is CN(CCCNC(=O)CN1C(=O)NC(c2ccccc2)(c2ccccc2)C1=O)c1ccccc1. The van der Waals surface area contributed by atoms with E-state index in [1.54, 1.807) is 24.3 Å². The maximum atomic E-state index is 13.6.